The van der Waals surface area contributed by atoms with Crippen LogP contribution >= 0.6 is 11.3 Å². The Bertz CT molecular complexity index is 9960. The zero-order valence-corrected chi connectivity index (χ0v) is 82.8. The van der Waals surface area contributed by atoms with Crippen LogP contribution in [0.3, 0.4) is 0 Å². The molecule has 0 bridgehead atoms. The Balaban J connectivity index is 0.000000112. The van der Waals surface area contributed by atoms with E-state index in [9.17, 15) is 0 Å². The molecule has 11 nitrogen and oxygen atoms in total. The first-order chi connectivity index (χ1) is 72.2. The van der Waals surface area contributed by atoms with Crippen LogP contribution in [0.1, 0.15) is 53.2 Å². The highest BCUT2D eigenvalue weighted by Crippen LogP contribution is 2.48. The molecule has 0 atom stereocenters. The molecule has 8 heterocycles. The molecule has 0 radical (unpaired) electrons. The first kappa shape index (κ1) is 88.7. The number of rotatable bonds is 13. The minimum absolute atomic E-state index is 0.216. The lowest BCUT2D eigenvalue weighted by Crippen LogP contribution is -2.25. The average molecular weight is 1910 g/mol. The molecule has 0 spiro atoms. The van der Waals surface area contributed by atoms with Crippen LogP contribution in [0, 0.1) is 0 Å². The van der Waals surface area contributed by atoms with Gasteiger partial charge in [-0.05, 0) is 169 Å². The van der Waals surface area contributed by atoms with Crippen LogP contribution in [0.4, 0.5) is 0 Å². The molecule has 0 aliphatic heterocycles. The molecular weight excluding hydrogens is 1810 g/mol. The third-order valence-electron chi connectivity index (χ3n) is 28.5. The molecule has 12 heteroatoms. The molecule has 0 saturated carbocycles. The molecule has 0 saturated heterocycles. The quantitative estimate of drug-likeness (QED) is 0.113. The molecular formula is C135H97N11S. The van der Waals surface area contributed by atoms with Crippen molar-refractivity contribution in [2.24, 2.45) is 0 Å². The molecule has 0 N–H and O–H groups in total. The summed E-state index contributed by atoms with van der Waals surface area (Å²) in [7, 11) is 0. The van der Waals surface area contributed by atoms with E-state index in [1.807, 2.05) is 17.4 Å². The van der Waals surface area contributed by atoms with E-state index in [2.05, 4.69) is 533 Å². The molecule has 698 valence electrons. The predicted octanol–water partition coefficient (Wildman–Crippen LogP) is 35.5. The molecule has 0 amide bonds. The summed E-state index contributed by atoms with van der Waals surface area (Å²) in [6.07, 6.45) is 0. The normalized spacial score (nSPS) is 11.9. The first-order valence-corrected chi connectivity index (χ1v) is 51.0. The van der Waals surface area contributed by atoms with E-state index in [4.69, 9.17) is 34.9 Å². The minimum atomic E-state index is -0.216. The molecule has 147 heavy (non-hydrogen) atoms. The van der Waals surface area contributed by atoms with Crippen LogP contribution in [0.5, 0.6) is 0 Å². The smallest absolute Gasteiger partial charge is 0.238 e. The van der Waals surface area contributed by atoms with Crippen LogP contribution in [0.25, 0.3) is 253 Å². The molecule has 0 fully saturated rings. The molecule has 20 aromatic carbocycles. The standard InChI is InChI=1S/C48H31N3.C46H29N3S.C41H37N5/c1-3-12-32(13-4-1)34-22-24-35(25-23-34)37-17-11-18-39(30-37)47-41-20-9-10-21-43(41)49-48(50-47)51-44-29-27-36-16-7-8-19-40(36)46(44)42-28-26-38(31-45(42)51)33-14-5-2-6-15-33;1-4-14-30(15-5-1)33-26-27-36-35-20-10-11-25-42(35)49(43(36)28-33)46-47-40(32-18-8-3-9-19-32)29-41(48-46)39-24-13-23-38-37-22-12-21-34(44(37)50-45(38)39)31-16-6-2-7-17-31;1-40(2,3)37-42-38(41(4,5)6)44-39(43-37)46-34-19-13-11-17-30(34)32-25-27(21-23-36(32)46)26-20-22-35-31(24-26)29-16-10-12-18-33(29)45(35)28-14-8-7-9-15-28/h1-31H;1-29H;7-25H,1-6H3. The summed E-state index contributed by atoms with van der Waals surface area (Å²) in [5, 5.41) is 15.6. The van der Waals surface area contributed by atoms with Crippen LogP contribution in [-0.4, -0.2) is 53.2 Å². The van der Waals surface area contributed by atoms with Gasteiger partial charge in [0, 0.05) is 102 Å². The minimum Gasteiger partial charge on any atom is -0.309 e. The van der Waals surface area contributed by atoms with Crippen LogP contribution in [-0.2, 0) is 10.8 Å². The van der Waals surface area contributed by atoms with Gasteiger partial charge in [0.1, 0.15) is 11.6 Å². The fraction of sp³-hybridized carbons (Fsp3) is 0.0593. The van der Waals surface area contributed by atoms with Gasteiger partial charge in [0.25, 0.3) is 0 Å². The van der Waals surface area contributed by atoms with E-state index in [-0.39, 0.29) is 10.8 Å². The predicted molar refractivity (Wildman–Crippen MR) is 615 cm³/mol. The number of aromatic nitrogens is 11. The van der Waals surface area contributed by atoms with Crippen molar-refractivity contribution < 1.29 is 0 Å². The van der Waals surface area contributed by atoms with Gasteiger partial charge in [0.05, 0.1) is 66.7 Å². The maximum atomic E-state index is 5.44. The third kappa shape index (κ3) is 16.1. The van der Waals surface area contributed by atoms with Crippen molar-refractivity contribution in [2.75, 3.05) is 0 Å². The topological polar surface area (TPSA) is 110 Å². The van der Waals surface area contributed by atoms with Gasteiger partial charge in [-0.15, -0.1) is 11.3 Å². The highest BCUT2D eigenvalue weighted by molar-refractivity contribution is 7.26. The van der Waals surface area contributed by atoms with Gasteiger partial charge in [-0.1, -0.05) is 430 Å². The van der Waals surface area contributed by atoms with Crippen molar-refractivity contribution >= 4 is 140 Å². The lowest BCUT2D eigenvalue weighted by atomic mass is 9.93. The van der Waals surface area contributed by atoms with Crippen LogP contribution in [0.2, 0.25) is 0 Å². The zero-order chi connectivity index (χ0) is 98.5. The second kappa shape index (κ2) is 36.5. The van der Waals surface area contributed by atoms with Crippen LogP contribution < -0.4 is 0 Å². The Morgan fingerprint density at radius 1 is 0.190 bits per heavy atom. The van der Waals surface area contributed by atoms with Crippen molar-refractivity contribution in [2.45, 2.75) is 52.4 Å². The van der Waals surface area contributed by atoms with Crippen molar-refractivity contribution in [3.05, 3.63) is 491 Å². The summed E-state index contributed by atoms with van der Waals surface area (Å²) in [6.45, 7) is 12.9. The summed E-state index contributed by atoms with van der Waals surface area (Å²) >= 11 is 1.85. The lowest BCUT2D eigenvalue weighted by Gasteiger charge is -2.23. The number of fused-ring (bicyclic) bond motifs is 18. The Morgan fingerprint density at radius 2 is 0.551 bits per heavy atom. The SMILES string of the molecule is CC(C)(C)c1nc(-n2c3ccccc3c3cc(-c4ccc5c(c4)c4ccccc4n5-c4ccccc4)ccc32)nc(C(C)(C)C)n1.c1ccc(-c2ccc(-c3cccc(-c4nc(-n5c6cc(-c7ccccc7)ccc6c6c7ccccc7ccc65)nc5ccccc45)c3)cc2)cc1.c1ccc(-c2ccc3c4ccccc4n(-c4nc(-c5ccccc5)cc(-c5cccc6c5sc5c(-c7ccccc7)cccc56)n4)c3c2)cc1. The summed E-state index contributed by atoms with van der Waals surface area (Å²) in [6, 6.07) is 171. The van der Waals surface area contributed by atoms with Crippen molar-refractivity contribution in [1.82, 2.24) is 53.2 Å². The summed E-state index contributed by atoms with van der Waals surface area (Å²) < 4.78 is 11.6. The summed E-state index contributed by atoms with van der Waals surface area (Å²) in [4.78, 5) is 36.5. The summed E-state index contributed by atoms with van der Waals surface area (Å²) in [5.74, 6) is 3.57. The second-order valence-electron chi connectivity index (χ2n) is 39.9. The van der Waals surface area contributed by atoms with E-state index in [1.165, 1.54) is 135 Å². The Morgan fingerprint density at radius 3 is 1.14 bits per heavy atom. The molecule has 28 rings (SSSR count). The Labute approximate surface area is 854 Å². The monoisotopic (exact) mass is 1900 g/mol. The molecule has 0 aliphatic carbocycles. The van der Waals surface area contributed by atoms with Gasteiger partial charge in [0.2, 0.25) is 17.8 Å². The van der Waals surface area contributed by atoms with Crippen molar-refractivity contribution in [3.8, 4) is 124 Å². The van der Waals surface area contributed by atoms with Crippen LogP contribution in [0.15, 0.2) is 479 Å². The van der Waals surface area contributed by atoms with Crippen molar-refractivity contribution in [3.63, 3.8) is 0 Å². The maximum absolute atomic E-state index is 5.44. The van der Waals surface area contributed by atoms with E-state index in [0.29, 0.717) is 17.8 Å². The second-order valence-corrected chi connectivity index (χ2v) is 40.9. The van der Waals surface area contributed by atoms with E-state index >= 15 is 0 Å². The van der Waals surface area contributed by atoms with E-state index in [1.54, 1.807) is 0 Å². The number of hydrogen-bond donors (Lipinski definition) is 0. The fourth-order valence-corrected chi connectivity index (χ4v) is 22.7. The lowest BCUT2D eigenvalue weighted by molar-refractivity contribution is 0.493. The Kier molecular flexibility index (Phi) is 22.0. The maximum Gasteiger partial charge on any atom is 0.238 e. The van der Waals surface area contributed by atoms with Gasteiger partial charge in [-0.25, -0.2) is 24.9 Å². The molecule has 28 aromatic rings. The first-order valence-electron chi connectivity index (χ1n) is 50.1. The van der Waals surface area contributed by atoms with Gasteiger partial charge >= 0.3 is 0 Å². The number of hydrogen-bond acceptors (Lipinski definition) is 8. The van der Waals surface area contributed by atoms with Gasteiger partial charge in [-0.3, -0.25) is 13.7 Å². The number of benzene rings is 20. The van der Waals surface area contributed by atoms with E-state index in [0.717, 1.165) is 112 Å². The molecule has 0 unspecified atom stereocenters. The third-order valence-corrected chi connectivity index (χ3v) is 29.8. The number of thiophene rings is 1. The summed E-state index contributed by atoms with van der Waals surface area (Å²) in [5.41, 5.74) is 30.7. The van der Waals surface area contributed by atoms with E-state index < -0.39 is 0 Å². The van der Waals surface area contributed by atoms with Gasteiger partial charge < -0.3 is 4.57 Å². The fourth-order valence-electron chi connectivity index (χ4n) is 21.3. The van der Waals surface area contributed by atoms with Crippen molar-refractivity contribution in [1.29, 1.82) is 0 Å². The number of para-hydroxylation sites is 5. The Hall–Kier alpha value is -18.5. The van der Waals surface area contributed by atoms with Gasteiger partial charge in [-0.2, -0.15) is 9.97 Å². The molecule has 0 aliphatic rings. The zero-order valence-electron chi connectivity index (χ0n) is 81.9. The highest BCUT2D eigenvalue weighted by atomic mass is 32.1. The molecule has 8 aromatic heterocycles. The largest absolute Gasteiger partial charge is 0.309 e. The van der Waals surface area contributed by atoms with Gasteiger partial charge in [0.15, 0.2) is 0 Å². The highest BCUT2D eigenvalue weighted by Gasteiger charge is 2.30. The number of nitrogens with zero attached hydrogens (tertiary/aromatic N) is 11. The average Bonchev–Trinajstić information content (AvgIpc) is 1.57.